The van der Waals surface area contributed by atoms with Crippen LogP contribution in [0, 0.1) is 0 Å². The minimum Gasteiger partial charge on any atom is -0.508 e. The fraction of sp³-hybridized carbons (Fsp3) is 0.364. The van der Waals surface area contributed by atoms with Gasteiger partial charge in [0.05, 0.1) is 22.8 Å². The summed E-state index contributed by atoms with van der Waals surface area (Å²) in [7, 11) is 0. The van der Waals surface area contributed by atoms with Gasteiger partial charge >= 0.3 is 0 Å². The van der Waals surface area contributed by atoms with Crippen LogP contribution in [-0.2, 0) is 17.6 Å². The van der Waals surface area contributed by atoms with Crippen molar-refractivity contribution in [1.29, 1.82) is 0 Å². The van der Waals surface area contributed by atoms with Crippen molar-refractivity contribution in [2.24, 2.45) is 9.98 Å². The Morgan fingerprint density at radius 1 is 0.769 bits per heavy atom. The van der Waals surface area contributed by atoms with Gasteiger partial charge in [-0.3, -0.25) is 4.79 Å². The fourth-order valence-electron chi connectivity index (χ4n) is 6.10. The number of aromatic nitrogens is 1. The summed E-state index contributed by atoms with van der Waals surface area (Å²) in [4.78, 5) is 26.9. The molecule has 3 N–H and O–H groups in total. The van der Waals surface area contributed by atoms with E-state index in [1.807, 2.05) is 13.8 Å². The minimum atomic E-state index is -2.05. The summed E-state index contributed by atoms with van der Waals surface area (Å²) in [5.74, 6) is -0.934. The number of nitrogens with zero attached hydrogens (tertiary/aromatic N) is 2. The Kier molecular flexibility index (Phi) is 6.71. The van der Waals surface area contributed by atoms with E-state index in [4.69, 9.17) is 9.98 Å². The molecule has 0 amide bonds. The van der Waals surface area contributed by atoms with E-state index in [1.54, 1.807) is 18.2 Å². The zero-order chi connectivity index (χ0) is 28.2. The Labute approximate surface area is 229 Å². The highest BCUT2D eigenvalue weighted by molar-refractivity contribution is 6.24. The van der Waals surface area contributed by atoms with Crippen LogP contribution in [0.15, 0.2) is 78.8 Å². The molecule has 1 unspecified atom stereocenters. The van der Waals surface area contributed by atoms with Crippen molar-refractivity contribution in [3.05, 3.63) is 90.6 Å². The Balaban J connectivity index is 1.91. The van der Waals surface area contributed by atoms with Gasteiger partial charge in [-0.1, -0.05) is 27.7 Å². The zero-order valence-electron chi connectivity index (χ0n) is 23.9. The van der Waals surface area contributed by atoms with Crippen LogP contribution < -0.4 is 10.7 Å². The van der Waals surface area contributed by atoms with Crippen LogP contribution in [0.25, 0.3) is 12.2 Å². The van der Waals surface area contributed by atoms with Crippen molar-refractivity contribution in [2.45, 2.75) is 79.8 Å². The third-order valence-electron chi connectivity index (χ3n) is 8.37. The van der Waals surface area contributed by atoms with E-state index in [0.29, 0.717) is 22.5 Å². The molecule has 1 aromatic rings. The number of aliphatic imine (C=N–C) groups is 2. The number of nitrogens with one attached hydrogen (secondary N) is 1. The maximum atomic E-state index is 13.3. The van der Waals surface area contributed by atoms with E-state index in [9.17, 15) is 15.0 Å². The first-order valence-corrected chi connectivity index (χ1v) is 13.9. The lowest BCUT2D eigenvalue weighted by Gasteiger charge is -2.27. The van der Waals surface area contributed by atoms with E-state index in [-0.39, 0.29) is 5.76 Å². The molecule has 0 saturated carbocycles. The topological polar surface area (TPSA) is 98.0 Å². The number of ketones is 1. The minimum absolute atomic E-state index is 0.294. The Hall–Kier alpha value is -3.77. The molecular weight excluding hydrogens is 486 g/mol. The number of carbonyl (C=O) groups excluding carboxylic acids is 1. The van der Waals surface area contributed by atoms with E-state index < -0.39 is 11.4 Å². The van der Waals surface area contributed by atoms with Gasteiger partial charge in [0, 0.05) is 21.8 Å². The lowest BCUT2D eigenvalue weighted by Crippen LogP contribution is -2.40. The molecule has 1 aliphatic carbocycles. The molecular formula is C33H37N3O3. The smallest absolute Gasteiger partial charge is 0.201 e. The van der Waals surface area contributed by atoms with Crippen molar-refractivity contribution in [1.82, 2.24) is 4.98 Å². The second kappa shape index (κ2) is 9.76. The number of Topliss-reactive ketones (excluding diaryl/α,β-unsaturated/α-hetero) is 1. The predicted octanol–water partition coefficient (Wildman–Crippen LogP) is 4.92. The number of fused-ring (bicyclic) bond motifs is 5. The van der Waals surface area contributed by atoms with Crippen LogP contribution in [0.2, 0.25) is 0 Å². The van der Waals surface area contributed by atoms with Crippen molar-refractivity contribution < 1.29 is 15.0 Å². The average Bonchev–Trinajstić information content (AvgIpc) is 3.50. The molecule has 0 spiro atoms. The number of rotatable bonds is 4. The summed E-state index contributed by atoms with van der Waals surface area (Å²) in [6.07, 6.45) is 12.8. The lowest BCUT2D eigenvalue weighted by molar-refractivity contribution is -0.130. The molecule has 6 nitrogen and oxygen atoms in total. The van der Waals surface area contributed by atoms with E-state index in [1.165, 1.54) is 18.1 Å². The predicted molar refractivity (Wildman–Crippen MR) is 158 cm³/mol. The van der Waals surface area contributed by atoms with Gasteiger partial charge in [0.15, 0.2) is 5.60 Å². The largest absolute Gasteiger partial charge is 0.508 e. The van der Waals surface area contributed by atoms with Crippen LogP contribution in [-0.4, -0.2) is 38.0 Å². The standard InChI is InChI=1S/C33H37N3O3/c1-8-21-17(5)25-13-19-12-20(32(38)33(7,39)31(19)37)14-26-18(6)22(9-2)28(35-26)16-30-24(11-4)23(10-3)29(36-30)15-27(21)34-25/h12-16,36-37,39H,8-11H2,1-7H3. The highest BCUT2D eigenvalue weighted by Crippen LogP contribution is 2.36. The molecule has 3 aliphatic heterocycles. The molecule has 0 radical (unpaired) electrons. The summed E-state index contributed by atoms with van der Waals surface area (Å²) in [6, 6.07) is 0. The molecule has 39 heavy (non-hydrogen) atoms. The summed E-state index contributed by atoms with van der Waals surface area (Å²) in [5, 5.41) is 24.2. The number of aromatic amines is 1. The number of aliphatic hydroxyl groups is 2. The SMILES string of the molecule is CCC1=C(C)C2=CC3=CC(=C(O)C(C)(O)C3=O)C=C3N=C(C=c4[nH]c(c(CC)c4CC)=CC1=N2)C(CC)=C3C. The number of hydrogen-bond donors (Lipinski definition) is 3. The first kappa shape index (κ1) is 26.8. The second-order valence-corrected chi connectivity index (χ2v) is 10.7. The van der Waals surface area contributed by atoms with Crippen LogP contribution in [0.3, 0.4) is 0 Å². The summed E-state index contributed by atoms with van der Waals surface area (Å²) in [5.41, 5.74) is 8.58. The average molecular weight is 524 g/mol. The molecule has 1 atom stereocenters. The van der Waals surface area contributed by atoms with Gasteiger partial charge < -0.3 is 15.2 Å². The van der Waals surface area contributed by atoms with Gasteiger partial charge in [0.25, 0.3) is 0 Å². The highest BCUT2D eigenvalue weighted by Gasteiger charge is 2.41. The Morgan fingerprint density at radius 2 is 1.26 bits per heavy atom. The van der Waals surface area contributed by atoms with E-state index in [2.05, 4.69) is 44.8 Å². The van der Waals surface area contributed by atoms with Gasteiger partial charge in [-0.25, -0.2) is 9.98 Å². The molecule has 202 valence electrons. The molecule has 0 aromatic carbocycles. The van der Waals surface area contributed by atoms with E-state index >= 15 is 0 Å². The Bertz CT molecular complexity index is 1690. The van der Waals surface area contributed by atoms with Crippen LogP contribution in [0.5, 0.6) is 0 Å². The third kappa shape index (κ3) is 4.18. The normalized spacial score (nSPS) is 22.9. The third-order valence-corrected chi connectivity index (χ3v) is 8.37. The van der Waals surface area contributed by atoms with Crippen molar-refractivity contribution in [2.75, 3.05) is 0 Å². The summed E-state index contributed by atoms with van der Waals surface area (Å²) >= 11 is 0. The molecule has 1 aromatic heterocycles. The molecule has 4 aliphatic rings. The van der Waals surface area contributed by atoms with Gasteiger partial charge in [-0.2, -0.15) is 0 Å². The first-order chi connectivity index (χ1) is 18.5. The maximum Gasteiger partial charge on any atom is 0.201 e. The number of aliphatic hydroxyl groups excluding tert-OH is 1. The number of hydrogen-bond acceptors (Lipinski definition) is 5. The molecule has 5 rings (SSSR count). The van der Waals surface area contributed by atoms with Gasteiger partial charge in [-0.05, 0) is 110 Å². The van der Waals surface area contributed by atoms with E-state index in [0.717, 1.165) is 70.1 Å². The fourth-order valence-corrected chi connectivity index (χ4v) is 6.10. The first-order valence-electron chi connectivity index (χ1n) is 13.9. The Morgan fingerprint density at radius 3 is 1.72 bits per heavy atom. The maximum absolute atomic E-state index is 13.3. The van der Waals surface area contributed by atoms with Gasteiger partial charge in [-0.15, -0.1) is 0 Å². The number of allylic oxidation sites excluding steroid dienone is 8. The van der Waals surface area contributed by atoms with Crippen LogP contribution in [0.4, 0.5) is 0 Å². The summed E-state index contributed by atoms with van der Waals surface area (Å²) < 4.78 is 0. The summed E-state index contributed by atoms with van der Waals surface area (Å²) in [6.45, 7) is 14.0. The second-order valence-electron chi connectivity index (χ2n) is 10.7. The quantitative estimate of drug-likeness (QED) is 0.523. The van der Waals surface area contributed by atoms with Crippen LogP contribution in [0.1, 0.15) is 72.4 Å². The van der Waals surface area contributed by atoms with Crippen molar-refractivity contribution in [3.8, 4) is 0 Å². The van der Waals surface area contributed by atoms with Crippen molar-refractivity contribution in [3.63, 3.8) is 0 Å². The molecule has 6 heteroatoms. The zero-order valence-corrected chi connectivity index (χ0v) is 23.9. The lowest BCUT2D eigenvalue weighted by atomic mass is 9.83. The van der Waals surface area contributed by atoms with Gasteiger partial charge in [0.2, 0.25) is 5.78 Å². The number of H-pyrrole nitrogens is 1. The number of carbonyl (C=O) groups is 1. The monoisotopic (exact) mass is 523 g/mol. The van der Waals surface area contributed by atoms with Crippen molar-refractivity contribution >= 4 is 29.4 Å². The van der Waals surface area contributed by atoms with Crippen LogP contribution >= 0.6 is 0 Å². The van der Waals surface area contributed by atoms with Gasteiger partial charge in [0.1, 0.15) is 5.76 Å². The molecule has 0 saturated heterocycles. The molecule has 0 fully saturated rings. The molecule has 4 heterocycles. The highest BCUT2D eigenvalue weighted by atomic mass is 16.3. The molecule has 8 bridgehead atoms.